The molecule has 8 nitrogen and oxygen atoms in total. The van der Waals surface area contributed by atoms with Crippen LogP contribution in [0.1, 0.15) is 39.8 Å². The molecule has 2 aromatic carbocycles. The predicted molar refractivity (Wildman–Crippen MR) is 122 cm³/mol. The number of thiazole rings is 1. The lowest BCUT2D eigenvalue weighted by atomic mass is 10.0. The van der Waals surface area contributed by atoms with Crippen LogP contribution in [0, 0.1) is 0 Å². The molecule has 0 spiro atoms. The lowest BCUT2D eigenvalue weighted by Crippen LogP contribution is -2.35. The molecule has 0 aliphatic carbocycles. The Morgan fingerprint density at radius 3 is 2.81 bits per heavy atom. The number of benzene rings is 2. The molecule has 0 atom stereocenters. The minimum atomic E-state index is -3.84. The number of anilines is 2. The standard InChI is InChI=1S/C22H21N3O5S2/c1-2-30-21(27)18-14-31-22(23-18)24-20(26)16-8-5-10-17(13-16)32(28,29)25-12-6-9-15-7-3-4-11-19(15)25/h3-5,7-8,10-11,13-14H,2,6,9,12H2,1H3,(H,23,24,26). The summed E-state index contributed by atoms with van der Waals surface area (Å²) in [5, 5.41) is 4.31. The van der Waals surface area contributed by atoms with Crippen LogP contribution >= 0.6 is 11.3 Å². The van der Waals surface area contributed by atoms with Crippen molar-refractivity contribution in [3.8, 4) is 0 Å². The topological polar surface area (TPSA) is 106 Å². The van der Waals surface area contributed by atoms with Crippen molar-refractivity contribution in [3.63, 3.8) is 0 Å². The Kier molecular flexibility index (Phi) is 6.24. The summed E-state index contributed by atoms with van der Waals surface area (Å²) in [4.78, 5) is 28.5. The summed E-state index contributed by atoms with van der Waals surface area (Å²) in [6, 6.07) is 13.3. The van der Waals surface area contributed by atoms with Crippen LogP contribution in [-0.2, 0) is 21.2 Å². The molecule has 0 fully saturated rings. The summed E-state index contributed by atoms with van der Waals surface area (Å²) in [5.41, 5.74) is 1.93. The summed E-state index contributed by atoms with van der Waals surface area (Å²) in [6.45, 7) is 2.29. The maximum Gasteiger partial charge on any atom is 0.357 e. The SMILES string of the molecule is CCOC(=O)c1csc(NC(=O)c2cccc(S(=O)(=O)N3CCCc4ccccc43)c2)n1. The van der Waals surface area contributed by atoms with Crippen LogP contribution in [-0.4, -0.2) is 38.4 Å². The highest BCUT2D eigenvalue weighted by Crippen LogP contribution is 2.32. The Balaban J connectivity index is 1.56. The molecule has 4 rings (SSSR count). The van der Waals surface area contributed by atoms with Crippen molar-refractivity contribution in [2.24, 2.45) is 0 Å². The predicted octanol–water partition coefficient (Wildman–Crippen LogP) is 3.71. The van der Waals surface area contributed by atoms with Gasteiger partial charge in [0, 0.05) is 17.5 Å². The van der Waals surface area contributed by atoms with Crippen molar-refractivity contribution in [1.29, 1.82) is 0 Å². The van der Waals surface area contributed by atoms with E-state index in [0.29, 0.717) is 12.2 Å². The highest BCUT2D eigenvalue weighted by molar-refractivity contribution is 7.92. The highest BCUT2D eigenvalue weighted by atomic mass is 32.2. The molecule has 2 heterocycles. The number of carbonyl (C=O) groups is 2. The number of fused-ring (bicyclic) bond motifs is 1. The summed E-state index contributed by atoms with van der Waals surface area (Å²) >= 11 is 1.08. The molecule has 0 bridgehead atoms. The molecule has 0 radical (unpaired) electrons. The number of aryl methyl sites for hydroxylation is 1. The first-order chi connectivity index (χ1) is 15.4. The van der Waals surface area contributed by atoms with Gasteiger partial charge in [-0.15, -0.1) is 11.3 Å². The van der Waals surface area contributed by atoms with Crippen molar-refractivity contribution in [2.75, 3.05) is 22.8 Å². The maximum atomic E-state index is 13.4. The van der Waals surface area contributed by atoms with Gasteiger partial charge in [0.05, 0.1) is 17.2 Å². The largest absolute Gasteiger partial charge is 0.461 e. The van der Waals surface area contributed by atoms with Gasteiger partial charge in [-0.3, -0.25) is 14.4 Å². The number of ether oxygens (including phenoxy) is 1. The Morgan fingerprint density at radius 1 is 1.19 bits per heavy atom. The number of carbonyl (C=O) groups excluding carboxylic acids is 2. The average Bonchev–Trinajstić information content (AvgIpc) is 3.27. The monoisotopic (exact) mass is 471 g/mol. The summed E-state index contributed by atoms with van der Waals surface area (Å²) in [5.74, 6) is -1.09. The Labute approximate surface area is 189 Å². The van der Waals surface area contributed by atoms with Crippen LogP contribution in [0.4, 0.5) is 10.8 Å². The fraction of sp³-hybridized carbons (Fsp3) is 0.227. The summed E-state index contributed by atoms with van der Waals surface area (Å²) in [7, 11) is -3.84. The van der Waals surface area contributed by atoms with Gasteiger partial charge in [-0.1, -0.05) is 24.3 Å². The van der Waals surface area contributed by atoms with E-state index in [2.05, 4.69) is 10.3 Å². The smallest absolute Gasteiger partial charge is 0.357 e. The number of para-hydroxylation sites is 1. The fourth-order valence-electron chi connectivity index (χ4n) is 3.47. The van der Waals surface area contributed by atoms with E-state index < -0.39 is 21.9 Å². The van der Waals surface area contributed by atoms with E-state index in [1.807, 2.05) is 18.2 Å². The maximum absolute atomic E-state index is 13.4. The van der Waals surface area contributed by atoms with E-state index in [0.717, 1.165) is 29.7 Å². The van der Waals surface area contributed by atoms with Gasteiger partial charge in [0.15, 0.2) is 10.8 Å². The van der Waals surface area contributed by atoms with E-state index in [1.165, 1.54) is 34.0 Å². The minimum Gasteiger partial charge on any atom is -0.461 e. The van der Waals surface area contributed by atoms with Gasteiger partial charge in [0.25, 0.3) is 15.9 Å². The van der Waals surface area contributed by atoms with Gasteiger partial charge in [-0.25, -0.2) is 18.2 Å². The van der Waals surface area contributed by atoms with Crippen molar-refractivity contribution in [1.82, 2.24) is 4.98 Å². The van der Waals surface area contributed by atoms with E-state index >= 15 is 0 Å². The van der Waals surface area contributed by atoms with Gasteiger partial charge in [0.1, 0.15) is 0 Å². The van der Waals surface area contributed by atoms with Crippen LogP contribution in [0.5, 0.6) is 0 Å². The number of esters is 1. The van der Waals surface area contributed by atoms with Crippen molar-refractivity contribution >= 4 is 44.1 Å². The minimum absolute atomic E-state index is 0.0354. The van der Waals surface area contributed by atoms with Crippen LogP contribution in [0.3, 0.4) is 0 Å². The normalized spacial score (nSPS) is 13.3. The van der Waals surface area contributed by atoms with E-state index in [4.69, 9.17) is 4.74 Å². The van der Waals surface area contributed by atoms with Gasteiger partial charge >= 0.3 is 5.97 Å². The number of rotatable bonds is 6. The van der Waals surface area contributed by atoms with Crippen LogP contribution in [0.25, 0.3) is 0 Å². The Hall–Kier alpha value is -3.24. The zero-order valence-electron chi connectivity index (χ0n) is 17.3. The summed E-state index contributed by atoms with van der Waals surface area (Å²) < 4.78 is 33.0. The molecule has 1 aliphatic heterocycles. The first-order valence-electron chi connectivity index (χ1n) is 10.0. The molecule has 3 aromatic rings. The van der Waals surface area contributed by atoms with Crippen molar-refractivity contribution in [2.45, 2.75) is 24.7 Å². The molecule has 1 aromatic heterocycles. The van der Waals surface area contributed by atoms with Crippen molar-refractivity contribution < 1.29 is 22.7 Å². The van der Waals surface area contributed by atoms with Gasteiger partial charge in [0.2, 0.25) is 0 Å². The van der Waals surface area contributed by atoms with Gasteiger partial charge in [-0.05, 0) is 49.6 Å². The lowest BCUT2D eigenvalue weighted by Gasteiger charge is -2.30. The third-order valence-corrected chi connectivity index (χ3v) is 7.53. The molecule has 0 unspecified atom stereocenters. The number of amides is 1. The van der Waals surface area contributed by atoms with Crippen LogP contribution in [0.2, 0.25) is 0 Å². The van der Waals surface area contributed by atoms with Crippen LogP contribution in [0.15, 0.2) is 58.8 Å². The number of nitrogens with one attached hydrogen (secondary N) is 1. The number of hydrogen-bond acceptors (Lipinski definition) is 7. The number of sulfonamides is 1. The third-order valence-electron chi connectivity index (χ3n) is 4.96. The molecule has 0 saturated heterocycles. The van der Waals surface area contributed by atoms with E-state index in [9.17, 15) is 18.0 Å². The van der Waals surface area contributed by atoms with Gasteiger partial charge < -0.3 is 4.74 Å². The Morgan fingerprint density at radius 2 is 2.00 bits per heavy atom. The van der Waals surface area contributed by atoms with Crippen LogP contribution < -0.4 is 9.62 Å². The second-order valence-corrected chi connectivity index (χ2v) is 9.77. The zero-order valence-corrected chi connectivity index (χ0v) is 18.9. The number of nitrogens with zero attached hydrogens (tertiary/aromatic N) is 2. The fourth-order valence-corrected chi connectivity index (χ4v) is 5.74. The molecular weight excluding hydrogens is 450 g/mol. The third kappa shape index (κ3) is 4.37. The average molecular weight is 472 g/mol. The van der Waals surface area contributed by atoms with Gasteiger partial charge in [-0.2, -0.15) is 0 Å². The molecule has 10 heteroatoms. The molecule has 1 amide bonds. The van der Waals surface area contributed by atoms with E-state index in [-0.39, 0.29) is 27.9 Å². The number of hydrogen-bond donors (Lipinski definition) is 1. The molecule has 1 N–H and O–H groups in total. The molecular formula is C22H21N3O5S2. The second kappa shape index (κ2) is 9.09. The second-order valence-electron chi connectivity index (χ2n) is 7.05. The molecule has 32 heavy (non-hydrogen) atoms. The quantitative estimate of drug-likeness (QED) is 0.550. The first kappa shape index (κ1) is 22.0. The zero-order chi connectivity index (χ0) is 22.7. The molecule has 1 aliphatic rings. The number of aromatic nitrogens is 1. The molecule has 0 saturated carbocycles. The van der Waals surface area contributed by atoms with Crippen molar-refractivity contribution in [3.05, 3.63) is 70.7 Å². The van der Waals surface area contributed by atoms with E-state index in [1.54, 1.807) is 13.0 Å². The highest BCUT2D eigenvalue weighted by Gasteiger charge is 2.29. The first-order valence-corrected chi connectivity index (χ1v) is 12.4. The Bertz CT molecular complexity index is 1270. The lowest BCUT2D eigenvalue weighted by molar-refractivity contribution is 0.0520. The molecule has 166 valence electrons. The summed E-state index contributed by atoms with van der Waals surface area (Å²) in [6.07, 6.45) is 1.55.